The van der Waals surface area contributed by atoms with Crippen molar-refractivity contribution in [3.63, 3.8) is 0 Å². The Morgan fingerprint density at radius 3 is 2.37 bits per heavy atom. The molecule has 1 aromatic carbocycles. The number of nitrogen functional groups attached to an aromatic ring is 1. The van der Waals surface area contributed by atoms with Crippen LogP contribution in [0.3, 0.4) is 0 Å². The number of rotatable bonds is 3. The summed E-state index contributed by atoms with van der Waals surface area (Å²) < 4.78 is 0. The van der Waals surface area contributed by atoms with Gasteiger partial charge in [0.25, 0.3) is 0 Å². The lowest BCUT2D eigenvalue weighted by Gasteiger charge is -2.38. The average Bonchev–Trinajstić information content (AvgIpc) is 2.38. The van der Waals surface area contributed by atoms with Crippen LogP contribution in [-0.4, -0.2) is 48.2 Å². The topological polar surface area (TPSA) is 69.8 Å². The molecule has 19 heavy (non-hydrogen) atoms. The van der Waals surface area contributed by atoms with Crippen molar-refractivity contribution in [2.75, 3.05) is 36.8 Å². The molecule has 0 bridgehead atoms. The van der Waals surface area contributed by atoms with Crippen molar-refractivity contribution in [3.8, 4) is 0 Å². The molecular weight excluding hydrogens is 242 g/mol. The van der Waals surface area contributed by atoms with Gasteiger partial charge in [-0.15, -0.1) is 0 Å². The number of carbonyl (C=O) groups is 1. The fourth-order valence-corrected chi connectivity index (χ4v) is 2.45. The van der Waals surface area contributed by atoms with Crippen molar-refractivity contribution in [1.29, 1.82) is 0 Å². The molecule has 0 atom stereocenters. The third-order valence-corrected chi connectivity index (χ3v) is 3.66. The molecule has 2 rings (SSSR count). The number of benzene rings is 1. The Morgan fingerprint density at radius 1 is 1.26 bits per heavy atom. The minimum atomic E-state index is -0.942. The van der Waals surface area contributed by atoms with E-state index < -0.39 is 5.97 Å². The van der Waals surface area contributed by atoms with Crippen LogP contribution in [0.4, 0.5) is 11.4 Å². The van der Waals surface area contributed by atoms with Gasteiger partial charge in [0, 0.05) is 32.2 Å². The van der Waals surface area contributed by atoms with E-state index in [0.717, 1.165) is 31.9 Å². The van der Waals surface area contributed by atoms with E-state index in [1.807, 2.05) is 6.07 Å². The van der Waals surface area contributed by atoms with Crippen LogP contribution in [0.5, 0.6) is 0 Å². The fourth-order valence-electron chi connectivity index (χ4n) is 2.45. The Balaban J connectivity index is 2.09. The zero-order valence-corrected chi connectivity index (χ0v) is 11.5. The zero-order chi connectivity index (χ0) is 14.0. The first-order valence-electron chi connectivity index (χ1n) is 6.61. The fraction of sp³-hybridized carbons (Fsp3) is 0.500. The summed E-state index contributed by atoms with van der Waals surface area (Å²) in [5.74, 6) is -0.942. The predicted octanol–water partition coefficient (Wildman–Crippen LogP) is 1.50. The minimum Gasteiger partial charge on any atom is -0.478 e. The van der Waals surface area contributed by atoms with E-state index in [9.17, 15) is 4.79 Å². The van der Waals surface area contributed by atoms with Crippen molar-refractivity contribution >= 4 is 17.3 Å². The van der Waals surface area contributed by atoms with Gasteiger partial charge in [0.05, 0.1) is 16.9 Å². The maximum absolute atomic E-state index is 10.9. The van der Waals surface area contributed by atoms with Crippen LogP contribution in [0.15, 0.2) is 18.2 Å². The molecule has 1 aliphatic rings. The summed E-state index contributed by atoms with van der Waals surface area (Å²) in [5, 5.41) is 8.93. The van der Waals surface area contributed by atoms with Crippen LogP contribution in [0.25, 0.3) is 0 Å². The van der Waals surface area contributed by atoms with Gasteiger partial charge < -0.3 is 15.7 Å². The summed E-state index contributed by atoms with van der Waals surface area (Å²) in [5.41, 5.74) is 7.68. The second kappa shape index (κ2) is 5.48. The van der Waals surface area contributed by atoms with Crippen molar-refractivity contribution in [1.82, 2.24) is 4.90 Å². The van der Waals surface area contributed by atoms with E-state index in [-0.39, 0.29) is 5.56 Å². The Morgan fingerprint density at radius 2 is 1.89 bits per heavy atom. The molecule has 0 aliphatic carbocycles. The van der Waals surface area contributed by atoms with Gasteiger partial charge in [0.2, 0.25) is 0 Å². The molecule has 0 radical (unpaired) electrons. The number of hydrogen-bond acceptors (Lipinski definition) is 4. The molecule has 1 aromatic rings. The molecule has 5 nitrogen and oxygen atoms in total. The van der Waals surface area contributed by atoms with Crippen molar-refractivity contribution in [3.05, 3.63) is 23.8 Å². The van der Waals surface area contributed by atoms with Crippen LogP contribution >= 0.6 is 0 Å². The summed E-state index contributed by atoms with van der Waals surface area (Å²) in [6.45, 7) is 8.27. The monoisotopic (exact) mass is 263 g/mol. The van der Waals surface area contributed by atoms with E-state index in [2.05, 4.69) is 23.6 Å². The van der Waals surface area contributed by atoms with E-state index in [1.54, 1.807) is 6.07 Å². The second-order valence-electron chi connectivity index (χ2n) is 5.20. The highest BCUT2D eigenvalue weighted by Crippen LogP contribution is 2.25. The second-order valence-corrected chi connectivity index (χ2v) is 5.20. The normalized spacial score (nSPS) is 16.9. The minimum absolute atomic E-state index is 0.238. The standard InChI is InChI=1S/C14H21N3O2/c1-10(2)16-5-7-17(8-6-16)13-4-3-11(14(18)19)9-12(13)15/h3-4,9-10H,5-8,15H2,1-2H3,(H,18,19). The summed E-state index contributed by atoms with van der Waals surface area (Å²) in [7, 11) is 0. The SMILES string of the molecule is CC(C)N1CCN(c2ccc(C(=O)O)cc2N)CC1. The van der Waals surface area contributed by atoms with Crippen LogP contribution in [0.1, 0.15) is 24.2 Å². The van der Waals surface area contributed by atoms with Crippen molar-refractivity contribution in [2.24, 2.45) is 0 Å². The smallest absolute Gasteiger partial charge is 0.335 e. The molecule has 1 saturated heterocycles. The lowest BCUT2D eigenvalue weighted by atomic mass is 10.1. The third-order valence-electron chi connectivity index (χ3n) is 3.66. The lowest BCUT2D eigenvalue weighted by molar-refractivity contribution is 0.0697. The van der Waals surface area contributed by atoms with Gasteiger partial charge in [-0.2, -0.15) is 0 Å². The van der Waals surface area contributed by atoms with Gasteiger partial charge in [-0.05, 0) is 32.0 Å². The number of nitrogens with two attached hydrogens (primary N) is 1. The summed E-state index contributed by atoms with van der Waals surface area (Å²) in [6, 6.07) is 5.52. The molecule has 1 heterocycles. The number of anilines is 2. The average molecular weight is 263 g/mol. The first kappa shape index (κ1) is 13.7. The molecule has 0 amide bonds. The summed E-state index contributed by atoms with van der Waals surface area (Å²) >= 11 is 0. The number of carboxylic acid groups (broad SMARTS) is 1. The van der Waals surface area contributed by atoms with Gasteiger partial charge in [-0.1, -0.05) is 0 Å². The Labute approximate surface area is 113 Å². The van der Waals surface area contributed by atoms with E-state index in [1.165, 1.54) is 6.07 Å². The van der Waals surface area contributed by atoms with Gasteiger partial charge in [-0.25, -0.2) is 4.79 Å². The molecule has 3 N–H and O–H groups in total. The molecule has 104 valence electrons. The molecule has 5 heteroatoms. The molecule has 0 spiro atoms. The molecule has 1 fully saturated rings. The summed E-state index contributed by atoms with van der Waals surface area (Å²) in [6.07, 6.45) is 0. The lowest BCUT2D eigenvalue weighted by Crippen LogP contribution is -2.49. The van der Waals surface area contributed by atoms with Gasteiger partial charge in [-0.3, -0.25) is 4.90 Å². The highest BCUT2D eigenvalue weighted by molar-refractivity contribution is 5.90. The molecule has 0 saturated carbocycles. The Hall–Kier alpha value is -1.75. The van der Waals surface area contributed by atoms with Crippen LogP contribution in [0.2, 0.25) is 0 Å². The Bertz CT molecular complexity index is 466. The molecule has 0 unspecified atom stereocenters. The van der Waals surface area contributed by atoms with Crippen LogP contribution in [-0.2, 0) is 0 Å². The van der Waals surface area contributed by atoms with E-state index in [0.29, 0.717) is 11.7 Å². The number of hydrogen-bond donors (Lipinski definition) is 2. The highest BCUT2D eigenvalue weighted by Gasteiger charge is 2.20. The molecular formula is C14H21N3O2. The number of carboxylic acids is 1. The van der Waals surface area contributed by atoms with Gasteiger partial charge in [0.1, 0.15) is 0 Å². The number of piperazine rings is 1. The van der Waals surface area contributed by atoms with Crippen LogP contribution in [0, 0.1) is 0 Å². The third kappa shape index (κ3) is 2.98. The first-order chi connectivity index (χ1) is 8.99. The zero-order valence-electron chi connectivity index (χ0n) is 11.5. The summed E-state index contributed by atoms with van der Waals surface area (Å²) in [4.78, 5) is 15.5. The van der Waals surface area contributed by atoms with Gasteiger partial charge in [0.15, 0.2) is 0 Å². The molecule has 1 aliphatic heterocycles. The number of aromatic carboxylic acids is 1. The predicted molar refractivity (Wildman–Crippen MR) is 76.7 cm³/mol. The largest absolute Gasteiger partial charge is 0.478 e. The number of nitrogens with zero attached hydrogens (tertiary/aromatic N) is 2. The quantitative estimate of drug-likeness (QED) is 0.809. The maximum atomic E-state index is 10.9. The van der Waals surface area contributed by atoms with Crippen molar-refractivity contribution < 1.29 is 9.90 Å². The molecule has 0 aromatic heterocycles. The van der Waals surface area contributed by atoms with Crippen molar-refractivity contribution in [2.45, 2.75) is 19.9 Å². The first-order valence-corrected chi connectivity index (χ1v) is 6.61. The van der Waals surface area contributed by atoms with Crippen LogP contribution < -0.4 is 10.6 Å². The van der Waals surface area contributed by atoms with E-state index in [4.69, 9.17) is 10.8 Å². The Kier molecular flexibility index (Phi) is 3.95. The maximum Gasteiger partial charge on any atom is 0.335 e. The highest BCUT2D eigenvalue weighted by atomic mass is 16.4. The van der Waals surface area contributed by atoms with Gasteiger partial charge >= 0.3 is 5.97 Å². The van der Waals surface area contributed by atoms with E-state index >= 15 is 0 Å².